The third kappa shape index (κ3) is 15.8. The molecule has 0 aromatic carbocycles. The highest BCUT2D eigenvalue weighted by molar-refractivity contribution is 8.25. The first-order valence-electron chi connectivity index (χ1n) is 19.4. The average Bonchev–Trinajstić information content (AvgIpc) is 3.19. The quantitative estimate of drug-likeness (QED) is 0.0300. The van der Waals surface area contributed by atoms with Gasteiger partial charge >= 0.3 is 0 Å². The molecule has 0 radical (unpaired) electrons. The van der Waals surface area contributed by atoms with E-state index in [2.05, 4.69) is 36.8 Å². The number of unbranched alkanes of at least 4 members (excludes halogenated alkanes) is 1. The van der Waals surface area contributed by atoms with Crippen molar-refractivity contribution < 1.29 is 107 Å². The lowest BCUT2D eigenvalue weighted by atomic mass is 9.94. The molecular weight excluding hydrogens is 878 g/mol. The number of rotatable bonds is 25. The summed E-state index contributed by atoms with van der Waals surface area (Å²) in [4.78, 5) is 99.7. The van der Waals surface area contributed by atoms with Gasteiger partial charge < -0.3 is 95.9 Å². The van der Waals surface area contributed by atoms with E-state index in [1.165, 1.54) is 6.92 Å². The van der Waals surface area contributed by atoms with Gasteiger partial charge in [-0.2, -0.15) is 0 Å². The van der Waals surface area contributed by atoms with Gasteiger partial charge in [0.2, 0.25) is 44.1 Å². The van der Waals surface area contributed by atoms with E-state index in [1.54, 1.807) is 0 Å². The Labute approximate surface area is 356 Å². The molecule has 2 heterocycles. The molecule has 2 saturated heterocycles. The first kappa shape index (κ1) is 54.9. The Kier molecular flexibility index (Phi) is 22.4. The van der Waals surface area contributed by atoms with Crippen molar-refractivity contribution in [3.63, 3.8) is 0 Å². The number of nitrogens with one attached hydrogen (secondary N) is 5. The zero-order valence-corrected chi connectivity index (χ0v) is 36.5. The molecule has 62 heavy (non-hydrogen) atoms. The SMILES string of the molecule is COP(=O)([O-])P(=O)([O-])O[C@H]1O[C@H](CO)C(O[C@@H]2O[C@H](CO)[C@@H](O)[C@H](O)[C@H]2NC(C)=O)[C@H](O[C@H](C)C(=O)N[C@@H](C)C(=O)NCCCC(=O)N[C@@H](CCCC[NH3+])C(=O)[O-])[C@H]1NC(C)=O. The van der Waals surface area contributed by atoms with Gasteiger partial charge in [0.25, 0.3) is 0 Å². The van der Waals surface area contributed by atoms with Gasteiger partial charge in [0.15, 0.2) is 12.6 Å². The maximum atomic E-state index is 13.5. The molecule has 3 unspecified atom stereocenters. The summed E-state index contributed by atoms with van der Waals surface area (Å²) in [5, 5.41) is 64.8. The average molecular weight is 937 g/mol. The van der Waals surface area contributed by atoms with E-state index in [9.17, 15) is 73.2 Å². The van der Waals surface area contributed by atoms with Crippen LogP contribution in [0.3, 0.4) is 0 Å². The molecule has 12 N–H and O–H groups in total. The minimum atomic E-state index is -6.09. The molecule has 0 aliphatic carbocycles. The minimum Gasteiger partial charge on any atom is -0.772 e. The maximum Gasteiger partial charge on any atom is 0.249 e. The molecular formula is C33H58N6O21P2-2. The molecule has 0 bridgehead atoms. The molecule has 0 spiro atoms. The van der Waals surface area contributed by atoms with Gasteiger partial charge in [-0.3, -0.25) is 37.6 Å². The van der Waals surface area contributed by atoms with E-state index in [1.807, 2.05) is 0 Å². The van der Waals surface area contributed by atoms with Crippen LogP contribution < -0.4 is 47.2 Å². The normalized spacial score (nSPS) is 29.7. The number of aliphatic hydroxyl groups is 4. The molecule has 2 aliphatic rings. The number of carboxylic acid groups (broad SMARTS) is 1. The van der Waals surface area contributed by atoms with Crippen molar-refractivity contribution in [2.45, 2.75) is 139 Å². The summed E-state index contributed by atoms with van der Waals surface area (Å²) in [6, 6.07) is -6.04. The molecule has 5 amide bonds. The highest BCUT2D eigenvalue weighted by atomic mass is 32.1. The Balaban J connectivity index is 2.37. The predicted molar refractivity (Wildman–Crippen MR) is 200 cm³/mol. The van der Waals surface area contributed by atoms with E-state index in [4.69, 9.17) is 23.5 Å². The second kappa shape index (κ2) is 25.3. The van der Waals surface area contributed by atoms with Crippen molar-refractivity contribution in [2.75, 3.05) is 33.4 Å². The zero-order chi connectivity index (χ0) is 47.1. The highest BCUT2D eigenvalue weighted by Crippen LogP contribution is 2.72. The molecule has 15 atom stereocenters. The van der Waals surface area contributed by atoms with Crippen molar-refractivity contribution in [3.8, 4) is 0 Å². The molecule has 0 saturated carbocycles. The largest absolute Gasteiger partial charge is 0.772 e. The van der Waals surface area contributed by atoms with Gasteiger partial charge in [0, 0.05) is 33.9 Å². The molecule has 358 valence electrons. The third-order valence-electron chi connectivity index (χ3n) is 9.48. The van der Waals surface area contributed by atoms with Crippen molar-refractivity contribution in [2.24, 2.45) is 0 Å². The van der Waals surface area contributed by atoms with E-state index >= 15 is 0 Å². The number of hydrogen-bond donors (Lipinski definition) is 10. The van der Waals surface area contributed by atoms with E-state index in [0.717, 1.165) is 20.8 Å². The molecule has 27 nitrogen and oxygen atoms in total. The van der Waals surface area contributed by atoms with Crippen LogP contribution in [0, 0.1) is 0 Å². The number of amides is 5. The van der Waals surface area contributed by atoms with Crippen LogP contribution in [0.1, 0.15) is 59.8 Å². The Morgan fingerprint density at radius 2 is 1.40 bits per heavy atom. The molecule has 29 heteroatoms. The van der Waals surface area contributed by atoms with Gasteiger partial charge in [0.05, 0.1) is 31.8 Å². The van der Waals surface area contributed by atoms with Gasteiger partial charge in [-0.05, 0) is 39.5 Å². The third-order valence-corrected chi connectivity index (χ3v) is 13.6. The fourth-order valence-electron chi connectivity index (χ4n) is 6.23. The summed E-state index contributed by atoms with van der Waals surface area (Å²) in [7, 11) is -11.4. The van der Waals surface area contributed by atoms with Crippen LogP contribution >= 0.6 is 14.6 Å². The Morgan fingerprint density at radius 1 is 0.806 bits per heavy atom. The molecule has 0 aromatic heterocycles. The number of ether oxygens (including phenoxy) is 4. The van der Waals surface area contributed by atoms with Gasteiger partial charge in [-0.25, -0.2) is 0 Å². The lowest BCUT2D eigenvalue weighted by Crippen LogP contribution is -2.70. The topological polar surface area (TPSA) is 430 Å². The number of carboxylic acids is 1. The number of quaternary nitrogens is 1. The van der Waals surface area contributed by atoms with Crippen LogP contribution in [0.25, 0.3) is 0 Å². The minimum absolute atomic E-state index is 0.0754. The van der Waals surface area contributed by atoms with Gasteiger partial charge in [0.1, 0.15) is 60.9 Å². The van der Waals surface area contributed by atoms with Crippen molar-refractivity contribution >= 4 is 50.1 Å². The van der Waals surface area contributed by atoms with E-state index < -0.39 is 143 Å². The van der Waals surface area contributed by atoms with E-state index in [-0.39, 0.29) is 25.8 Å². The smallest absolute Gasteiger partial charge is 0.249 e. The number of aliphatic hydroxyl groups excluding tert-OH is 4. The van der Waals surface area contributed by atoms with Crippen LogP contribution in [-0.2, 0) is 65.9 Å². The van der Waals surface area contributed by atoms with Crippen LogP contribution in [-0.4, -0.2) is 169 Å². The highest BCUT2D eigenvalue weighted by Gasteiger charge is 2.54. The maximum absolute atomic E-state index is 13.5. The number of carbonyl (C=O) groups is 6. The van der Waals surface area contributed by atoms with Crippen LogP contribution in [0.5, 0.6) is 0 Å². The number of hydrogen-bond acceptors (Lipinski definition) is 21. The predicted octanol–water partition coefficient (Wildman–Crippen LogP) is -7.96. The van der Waals surface area contributed by atoms with Crippen molar-refractivity contribution in [1.82, 2.24) is 26.6 Å². The first-order valence-corrected chi connectivity index (χ1v) is 23.2. The molecule has 2 rings (SSSR count). The first-order chi connectivity index (χ1) is 28.9. The van der Waals surface area contributed by atoms with Crippen molar-refractivity contribution in [3.05, 3.63) is 0 Å². The Bertz CT molecular complexity index is 1630. The summed E-state index contributed by atoms with van der Waals surface area (Å²) < 4.78 is 57.2. The number of aliphatic carboxylic acids is 1. The fraction of sp³-hybridized carbons (Fsp3) is 0.818. The fourth-order valence-corrected chi connectivity index (χ4v) is 8.22. The van der Waals surface area contributed by atoms with Gasteiger partial charge in [-0.15, -0.1) is 0 Å². The molecule has 2 fully saturated rings. The van der Waals surface area contributed by atoms with Gasteiger partial charge in [-0.1, -0.05) is 0 Å². The molecule has 0 aromatic rings. The summed E-state index contributed by atoms with van der Waals surface area (Å²) in [5.41, 5.74) is 3.67. The van der Waals surface area contributed by atoms with Crippen molar-refractivity contribution in [1.29, 1.82) is 0 Å². The Morgan fingerprint density at radius 3 is 1.95 bits per heavy atom. The monoisotopic (exact) mass is 936 g/mol. The van der Waals surface area contributed by atoms with E-state index in [0.29, 0.717) is 26.5 Å². The zero-order valence-electron chi connectivity index (χ0n) is 34.7. The Hall–Kier alpha value is -3.24. The summed E-state index contributed by atoms with van der Waals surface area (Å²) in [6.07, 6.45) is -15.4. The second-order valence-corrected chi connectivity index (χ2v) is 19.8. The number of carbonyl (C=O) groups excluding carboxylic acids is 6. The molecule has 2 aliphatic heterocycles. The second-order valence-electron chi connectivity index (χ2n) is 14.4. The summed E-state index contributed by atoms with van der Waals surface area (Å²) >= 11 is 0. The lowest BCUT2D eigenvalue weighted by Gasteiger charge is -2.50. The summed E-state index contributed by atoms with van der Waals surface area (Å²) in [6.45, 7) is 2.89. The van der Waals surface area contributed by atoms with Crippen LogP contribution in [0.4, 0.5) is 0 Å². The standard InChI is InChI=1S/C33H60N6O21P2/c1-15(29(47)35-12-8-10-22(44)39-19(31(49)50)9-6-7-11-34)36-30(48)16(2)56-28-24(38-18(4)43)33(60-62(53,54)61(51,52)55-5)58-21(14-41)27(28)59-32-23(37-17(3)42)26(46)25(45)20(13-40)57-32/h15-16,19-21,23-28,32-33,40-41,45-46H,6-14,34H2,1-5H3,(H,35,47)(H,36,48)(H,37,42)(H,38,43)(H,39,44)(H,49,50)(H,51,52)(H,53,54)/p-2/t15-,16+,19-,20+,21+,23+,24+,25+,26+,27?,28+,32-,33+/m0/s1. The summed E-state index contributed by atoms with van der Waals surface area (Å²) in [5.74, 6) is -5.51. The van der Waals surface area contributed by atoms with Crippen LogP contribution in [0.2, 0.25) is 0 Å². The lowest BCUT2D eigenvalue weighted by molar-refractivity contribution is -0.368. The van der Waals surface area contributed by atoms with Crippen LogP contribution in [0.15, 0.2) is 0 Å².